The first-order chi connectivity index (χ1) is 13.2. The summed E-state index contributed by atoms with van der Waals surface area (Å²) in [7, 11) is 1.56. The summed E-state index contributed by atoms with van der Waals surface area (Å²) in [6, 6.07) is 16.4. The molecule has 7 heteroatoms. The molecule has 0 aliphatic rings. The molecule has 0 saturated carbocycles. The van der Waals surface area contributed by atoms with Crippen molar-refractivity contribution in [2.45, 2.75) is 0 Å². The Bertz CT molecular complexity index is 1200. The van der Waals surface area contributed by atoms with Crippen LogP contribution in [0.3, 0.4) is 0 Å². The number of amides is 2. The summed E-state index contributed by atoms with van der Waals surface area (Å²) < 4.78 is 0. The van der Waals surface area contributed by atoms with E-state index in [2.05, 4.69) is 25.9 Å². The third kappa shape index (κ3) is 3.18. The van der Waals surface area contributed by atoms with Crippen LogP contribution >= 0.6 is 0 Å². The highest BCUT2D eigenvalue weighted by Gasteiger charge is 2.10. The van der Waals surface area contributed by atoms with Crippen molar-refractivity contribution in [1.29, 1.82) is 0 Å². The van der Waals surface area contributed by atoms with Gasteiger partial charge < -0.3 is 20.9 Å². The molecule has 0 aliphatic heterocycles. The highest BCUT2D eigenvalue weighted by Crippen LogP contribution is 2.29. The molecule has 2 heterocycles. The minimum atomic E-state index is -0.272. The SMILES string of the molecule is CNC(=O)Nc1ccc(Nc2ccnc3[nH]c(=O)c4ccccc4c23)cc1. The molecule has 2 aromatic carbocycles. The molecule has 2 amide bonds. The predicted octanol–water partition coefficient (Wildman–Crippen LogP) is 3.57. The number of benzene rings is 2. The topological polar surface area (TPSA) is 98.9 Å². The summed E-state index contributed by atoms with van der Waals surface area (Å²) in [6.07, 6.45) is 1.65. The molecular weight excluding hydrogens is 342 g/mol. The number of aromatic nitrogens is 2. The summed E-state index contributed by atoms with van der Waals surface area (Å²) in [6.45, 7) is 0. The van der Waals surface area contributed by atoms with Gasteiger partial charge in [0.05, 0.1) is 5.69 Å². The number of H-pyrrole nitrogens is 1. The fourth-order valence-electron chi connectivity index (χ4n) is 2.99. The van der Waals surface area contributed by atoms with E-state index in [-0.39, 0.29) is 11.6 Å². The number of fused-ring (bicyclic) bond motifs is 3. The Morgan fingerprint density at radius 1 is 0.963 bits per heavy atom. The molecule has 0 bridgehead atoms. The second kappa shape index (κ2) is 6.80. The van der Waals surface area contributed by atoms with Gasteiger partial charge in [0.2, 0.25) is 0 Å². The third-order valence-electron chi connectivity index (χ3n) is 4.27. The van der Waals surface area contributed by atoms with Gasteiger partial charge >= 0.3 is 6.03 Å². The van der Waals surface area contributed by atoms with Crippen molar-refractivity contribution >= 4 is 44.9 Å². The van der Waals surface area contributed by atoms with E-state index in [1.54, 1.807) is 31.4 Å². The first kappa shape index (κ1) is 16.6. The number of aromatic amines is 1. The largest absolute Gasteiger partial charge is 0.355 e. The highest BCUT2D eigenvalue weighted by molar-refractivity contribution is 6.10. The Labute approximate surface area is 154 Å². The number of nitrogens with one attached hydrogen (secondary N) is 4. The van der Waals surface area contributed by atoms with E-state index in [0.717, 1.165) is 22.1 Å². The quantitative estimate of drug-likeness (QED) is 0.420. The zero-order valence-corrected chi connectivity index (χ0v) is 14.5. The maximum Gasteiger partial charge on any atom is 0.318 e. The molecule has 4 aromatic rings. The Morgan fingerprint density at radius 3 is 2.41 bits per heavy atom. The van der Waals surface area contributed by atoms with Gasteiger partial charge in [0.25, 0.3) is 5.56 Å². The molecule has 0 spiro atoms. The van der Waals surface area contributed by atoms with E-state index in [9.17, 15) is 9.59 Å². The minimum absolute atomic E-state index is 0.160. The maximum atomic E-state index is 12.3. The lowest BCUT2D eigenvalue weighted by atomic mass is 10.1. The van der Waals surface area contributed by atoms with Crippen molar-refractivity contribution in [3.63, 3.8) is 0 Å². The van der Waals surface area contributed by atoms with Crippen LogP contribution in [0.2, 0.25) is 0 Å². The average molecular weight is 359 g/mol. The van der Waals surface area contributed by atoms with E-state index in [0.29, 0.717) is 16.7 Å². The van der Waals surface area contributed by atoms with Crippen LogP contribution in [0.15, 0.2) is 65.6 Å². The molecule has 134 valence electrons. The van der Waals surface area contributed by atoms with Crippen molar-refractivity contribution in [3.8, 4) is 0 Å². The van der Waals surface area contributed by atoms with Crippen molar-refractivity contribution in [2.24, 2.45) is 0 Å². The van der Waals surface area contributed by atoms with Crippen molar-refractivity contribution < 1.29 is 4.79 Å². The second-order valence-corrected chi connectivity index (χ2v) is 5.99. The second-order valence-electron chi connectivity index (χ2n) is 5.99. The molecule has 7 nitrogen and oxygen atoms in total. The first-order valence-corrected chi connectivity index (χ1v) is 8.41. The molecule has 2 aromatic heterocycles. The van der Waals surface area contributed by atoms with E-state index in [1.165, 1.54) is 0 Å². The lowest BCUT2D eigenvalue weighted by molar-refractivity contribution is 0.254. The number of nitrogens with zero attached hydrogens (tertiary/aromatic N) is 1. The smallest absolute Gasteiger partial charge is 0.318 e. The summed E-state index contributed by atoms with van der Waals surface area (Å²) in [4.78, 5) is 30.8. The predicted molar refractivity (Wildman–Crippen MR) is 108 cm³/mol. The van der Waals surface area contributed by atoms with Crippen LogP contribution in [-0.4, -0.2) is 23.0 Å². The van der Waals surface area contributed by atoms with Gasteiger partial charge in [-0.1, -0.05) is 18.2 Å². The molecule has 0 atom stereocenters. The van der Waals surface area contributed by atoms with Gasteiger partial charge in [-0.3, -0.25) is 4.79 Å². The average Bonchev–Trinajstić information content (AvgIpc) is 2.69. The van der Waals surface area contributed by atoms with Gasteiger partial charge in [-0.05, 0) is 36.4 Å². The normalized spacial score (nSPS) is 10.7. The van der Waals surface area contributed by atoms with Gasteiger partial charge in [0, 0.05) is 40.8 Å². The number of rotatable bonds is 3. The Morgan fingerprint density at radius 2 is 1.67 bits per heavy atom. The Kier molecular flexibility index (Phi) is 4.18. The summed E-state index contributed by atoms with van der Waals surface area (Å²) >= 11 is 0. The summed E-state index contributed by atoms with van der Waals surface area (Å²) in [5.74, 6) is 0. The molecule has 0 saturated heterocycles. The molecule has 0 fully saturated rings. The maximum absolute atomic E-state index is 12.3. The molecule has 27 heavy (non-hydrogen) atoms. The monoisotopic (exact) mass is 359 g/mol. The fourth-order valence-corrected chi connectivity index (χ4v) is 2.99. The lowest BCUT2D eigenvalue weighted by Crippen LogP contribution is -2.24. The minimum Gasteiger partial charge on any atom is -0.355 e. The zero-order valence-electron chi connectivity index (χ0n) is 14.5. The van der Waals surface area contributed by atoms with Gasteiger partial charge in [0.1, 0.15) is 5.65 Å². The van der Waals surface area contributed by atoms with Crippen LogP contribution in [-0.2, 0) is 0 Å². The van der Waals surface area contributed by atoms with Crippen LogP contribution in [0, 0.1) is 0 Å². The van der Waals surface area contributed by atoms with Crippen LogP contribution in [0.25, 0.3) is 21.8 Å². The van der Waals surface area contributed by atoms with Crippen molar-refractivity contribution in [2.75, 3.05) is 17.7 Å². The van der Waals surface area contributed by atoms with Crippen LogP contribution < -0.4 is 21.5 Å². The first-order valence-electron chi connectivity index (χ1n) is 8.41. The number of anilines is 3. The summed E-state index contributed by atoms with van der Waals surface area (Å²) in [5.41, 5.74) is 2.74. The van der Waals surface area contributed by atoms with Crippen LogP contribution in [0.1, 0.15) is 0 Å². The Hall–Kier alpha value is -3.87. The van der Waals surface area contributed by atoms with Gasteiger partial charge in [-0.25, -0.2) is 9.78 Å². The molecule has 0 unspecified atom stereocenters. The molecule has 0 aliphatic carbocycles. The van der Waals surface area contributed by atoms with E-state index in [1.807, 2.05) is 36.4 Å². The van der Waals surface area contributed by atoms with Crippen molar-refractivity contribution in [3.05, 3.63) is 71.1 Å². The van der Waals surface area contributed by atoms with Crippen LogP contribution in [0.4, 0.5) is 21.9 Å². The van der Waals surface area contributed by atoms with Gasteiger partial charge in [-0.2, -0.15) is 0 Å². The standard InChI is InChI=1S/C20H17N5O2/c1-21-20(27)24-13-8-6-12(7-9-13)23-16-10-11-22-18-17(16)14-4-2-3-5-15(14)19(26)25-18/h2-11H,1H3,(H2,21,24,27)(H2,22,23,25,26). The summed E-state index contributed by atoms with van der Waals surface area (Å²) in [5, 5.41) is 10.9. The third-order valence-corrected chi connectivity index (χ3v) is 4.27. The van der Waals surface area contributed by atoms with Gasteiger partial charge in [0.15, 0.2) is 0 Å². The molecule has 4 rings (SSSR count). The number of urea groups is 1. The van der Waals surface area contributed by atoms with Crippen molar-refractivity contribution in [1.82, 2.24) is 15.3 Å². The van der Waals surface area contributed by atoms with Crippen LogP contribution in [0.5, 0.6) is 0 Å². The lowest BCUT2D eigenvalue weighted by Gasteiger charge is -2.12. The number of hydrogen-bond acceptors (Lipinski definition) is 4. The van der Waals surface area contributed by atoms with E-state index in [4.69, 9.17) is 0 Å². The number of carbonyl (C=O) groups is 1. The van der Waals surface area contributed by atoms with Gasteiger partial charge in [-0.15, -0.1) is 0 Å². The zero-order chi connectivity index (χ0) is 18.8. The molecule has 4 N–H and O–H groups in total. The fraction of sp³-hybridized carbons (Fsp3) is 0.0500. The van der Waals surface area contributed by atoms with E-state index < -0.39 is 0 Å². The molecule has 0 radical (unpaired) electrons. The number of pyridine rings is 2. The highest BCUT2D eigenvalue weighted by atomic mass is 16.2. The molecular formula is C20H17N5O2. The number of carbonyl (C=O) groups excluding carboxylic acids is 1. The Balaban J connectivity index is 1.75. The van der Waals surface area contributed by atoms with E-state index >= 15 is 0 Å². The number of hydrogen-bond donors (Lipinski definition) is 4.